The van der Waals surface area contributed by atoms with Gasteiger partial charge in [-0.2, -0.15) is 0 Å². The van der Waals surface area contributed by atoms with Gasteiger partial charge in [0, 0.05) is 0 Å². The molecule has 1 heteroatoms. The van der Waals surface area contributed by atoms with Crippen molar-refractivity contribution in [1.82, 2.24) is 0 Å². The molecular formula is C22H28O. The van der Waals surface area contributed by atoms with E-state index in [0.29, 0.717) is 0 Å². The molecule has 23 heavy (non-hydrogen) atoms. The van der Waals surface area contributed by atoms with E-state index in [4.69, 9.17) is 0 Å². The van der Waals surface area contributed by atoms with Crippen LogP contribution in [-0.4, -0.2) is 5.11 Å². The van der Waals surface area contributed by atoms with Gasteiger partial charge in [-0.05, 0) is 55.1 Å². The molecule has 0 heterocycles. The highest BCUT2D eigenvalue weighted by atomic mass is 16.3. The first kappa shape index (κ1) is 16.3. The molecule has 0 saturated heterocycles. The molecule has 1 N–H and O–H groups in total. The largest absolute Gasteiger partial charge is 0.384 e. The molecular weight excluding hydrogens is 280 g/mol. The van der Waals surface area contributed by atoms with Crippen LogP contribution in [0.4, 0.5) is 0 Å². The van der Waals surface area contributed by atoms with Gasteiger partial charge < -0.3 is 5.11 Å². The molecule has 2 aromatic rings. The van der Waals surface area contributed by atoms with Gasteiger partial charge in [0.05, 0.1) is 0 Å². The number of hydrogen-bond acceptors (Lipinski definition) is 1. The third kappa shape index (κ3) is 4.03. The van der Waals surface area contributed by atoms with Crippen LogP contribution in [0, 0.1) is 24.7 Å². The molecule has 1 nitrogen and oxygen atoms in total. The molecule has 2 fully saturated rings. The van der Waals surface area contributed by atoms with Crippen LogP contribution < -0.4 is 0 Å². The predicted octanol–water partition coefficient (Wildman–Crippen LogP) is 5.52. The quantitative estimate of drug-likeness (QED) is 0.774. The molecule has 4 unspecified atom stereocenters. The van der Waals surface area contributed by atoms with E-state index in [0.717, 1.165) is 28.9 Å². The Morgan fingerprint density at radius 2 is 1.52 bits per heavy atom. The Morgan fingerprint density at radius 1 is 0.870 bits per heavy atom. The molecule has 2 saturated carbocycles. The molecule has 2 aliphatic rings. The Morgan fingerprint density at radius 3 is 2.00 bits per heavy atom. The average molecular weight is 308 g/mol. The van der Waals surface area contributed by atoms with Gasteiger partial charge >= 0.3 is 0 Å². The maximum Gasteiger partial charge on any atom is 0.104 e. The van der Waals surface area contributed by atoms with Gasteiger partial charge in [-0.3, -0.25) is 0 Å². The van der Waals surface area contributed by atoms with Crippen molar-refractivity contribution in [2.75, 3.05) is 0 Å². The van der Waals surface area contributed by atoms with Crippen LogP contribution >= 0.6 is 0 Å². The first-order valence-electron chi connectivity index (χ1n) is 8.93. The van der Waals surface area contributed by atoms with Crippen molar-refractivity contribution < 1.29 is 5.11 Å². The summed E-state index contributed by atoms with van der Waals surface area (Å²) in [6.07, 6.45) is 5.69. The van der Waals surface area contributed by atoms with Crippen LogP contribution in [0.2, 0.25) is 0 Å². The molecule has 0 amide bonds. The first-order chi connectivity index (χ1) is 11.1. The molecule has 0 radical (unpaired) electrons. The lowest BCUT2D eigenvalue weighted by Crippen LogP contribution is -2.04. The second-order valence-electron chi connectivity index (χ2n) is 7.38. The van der Waals surface area contributed by atoms with Gasteiger partial charge in [-0.15, -0.1) is 0 Å². The maximum absolute atomic E-state index is 10.1. The zero-order valence-corrected chi connectivity index (χ0v) is 14.3. The van der Waals surface area contributed by atoms with Crippen LogP contribution in [0.15, 0.2) is 54.6 Å². The second kappa shape index (κ2) is 7.31. The summed E-state index contributed by atoms with van der Waals surface area (Å²) in [6, 6.07) is 17.7. The van der Waals surface area contributed by atoms with Gasteiger partial charge in [0.15, 0.2) is 0 Å². The topological polar surface area (TPSA) is 20.2 Å². The Bertz CT molecular complexity index is 600. The molecule has 2 aliphatic carbocycles. The second-order valence-corrected chi connectivity index (χ2v) is 7.38. The Hall–Kier alpha value is -1.60. The minimum atomic E-state index is -0.521. The summed E-state index contributed by atoms with van der Waals surface area (Å²) in [4.78, 5) is 0. The van der Waals surface area contributed by atoms with E-state index >= 15 is 0 Å². The summed E-state index contributed by atoms with van der Waals surface area (Å²) in [5, 5.41) is 10.1. The zero-order valence-electron chi connectivity index (χ0n) is 14.3. The summed E-state index contributed by atoms with van der Waals surface area (Å²) < 4.78 is 0. The van der Waals surface area contributed by atoms with Gasteiger partial charge in [0.25, 0.3) is 0 Å². The highest BCUT2D eigenvalue weighted by molar-refractivity contribution is 5.31. The number of aliphatic hydroxyl groups excluding tert-OH is 1. The van der Waals surface area contributed by atoms with Crippen molar-refractivity contribution in [3.63, 3.8) is 0 Å². The Labute approximate surface area is 140 Å². The number of fused-ring (bicyclic) bond motifs is 2. The average Bonchev–Trinajstić information content (AvgIpc) is 3.18. The maximum atomic E-state index is 10.1. The Balaban J connectivity index is 0.000000162. The van der Waals surface area contributed by atoms with Crippen molar-refractivity contribution in [3.8, 4) is 0 Å². The van der Waals surface area contributed by atoms with Crippen molar-refractivity contribution in [3.05, 3.63) is 71.3 Å². The highest BCUT2D eigenvalue weighted by Gasteiger charge is 2.36. The lowest BCUT2D eigenvalue weighted by molar-refractivity contribution is 0.220. The van der Waals surface area contributed by atoms with Crippen molar-refractivity contribution >= 4 is 0 Å². The summed E-state index contributed by atoms with van der Waals surface area (Å²) in [6.45, 7) is 4.46. The predicted molar refractivity (Wildman–Crippen MR) is 96.3 cm³/mol. The first-order valence-corrected chi connectivity index (χ1v) is 8.93. The molecule has 0 aliphatic heterocycles. The third-order valence-electron chi connectivity index (χ3n) is 5.60. The van der Waals surface area contributed by atoms with Crippen LogP contribution in [0.25, 0.3) is 0 Å². The molecule has 0 spiro atoms. The van der Waals surface area contributed by atoms with Crippen molar-refractivity contribution in [1.29, 1.82) is 0 Å². The number of aliphatic hydroxyl groups is 1. The lowest BCUT2D eigenvalue weighted by Gasteiger charge is -2.15. The minimum Gasteiger partial charge on any atom is -0.384 e. The lowest BCUT2D eigenvalue weighted by atomic mass is 9.91. The SMILES string of the molecule is CC1CC2CCC1C2.Cc1ccc(C(O)c2ccccc2)cc1. The zero-order chi connectivity index (χ0) is 16.2. The molecule has 4 atom stereocenters. The van der Waals surface area contributed by atoms with Crippen molar-refractivity contribution in [2.24, 2.45) is 17.8 Å². The van der Waals surface area contributed by atoms with E-state index in [2.05, 4.69) is 6.92 Å². The smallest absolute Gasteiger partial charge is 0.104 e. The fraction of sp³-hybridized carbons (Fsp3) is 0.455. The molecule has 0 aromatic heterocycles. The number of benzene rings is 2. The van der Waals surface area contributed by atoms with Gasteiger partial charge in [0.1, 0.15) is 6.10 Å². The summed E-state index contributed by atoms with van der Waals surface area (Å²) in [5.74, 6) is 3.36. The number of rotatable bonds is 2. The molecule has 2 bridgehead atoms. The summed E-state index contributed by atoms with van der Waals surface area (Å²) >= 11 is 0. The van der Waals surface area contributed by atoms with Crippen LogP contribution in [-0.2, 0) is 0 Å². The summed E-state index contributed by atoms with van der Waals surface area (Å²) in [5.41, 5.74) is 3.08. The van der Waals surface area contributed by atoms with E-state index < -0.39 is 6.10 Å². The van der Waals surface area contributed by atoms with Gasteiger partial charge in [-0.1, -0.05) is 73.5 Å². The molecule has 4 rings (SSSR count). The monoisotopic (exact) mass is 308 g/mol. The minimum absolute atomic E-state index is 0.521. The third-order valence-corrected chi connectivity index (χ3v) is 5.60. The number of hydrogen-bond donors (Lipinski definition) is 1. The van der Waals surface area contributed by atoms with Gasteiger partial charge in [0.2, 0.25) is 0 Å². The number of aryl methyl sites for hydroxylation is 1. The van der Waals surface area contributed by atoms with E-state index in [-0.39, 0.29) is 0 Å². The standard InChI is InChI=1S/C14H14O.C8H14/c1-11-7-9-13(10-8-11)14(15)12-5-3-2-4-6-12;1-6-4-7-2-3-8(6)5-7/h2-10,14-15H,1H3;6-8H,2-5H2,1H3. The fourth-order valence-electron chi connectivity index (χ4n) is 4.14. The highest BCUT2D eigenvalue weighted by Crippen LogP contribution is 2.47. The Kier molecular flexibility index (Phi) is 5.17. The van der Waals surface area contributed by atoms with Crippen molar-refractivity contribution in [2.45, 2.75) is 45.6 Å². The van der Waals surface area contributed by atoms with Crippen LogP contribution in [0.1, 0.15) is 55.4 Å². The van der Waals surface area contributed by atoms with E-state index in [9.17, 15) is 5.11 Å². The van der Waals surface area contributed by atoms with Crippen LogP contribution in [0.3, 0.4) is 0 Å². The van der Waals surface area contributed by atoms with Crippen LogP contribution in [0.5, 0.6) is 0 Å². The van der Waals surface area contributed by atoms with E-state index in [1.165, 1.54) is 5.56 Å². The normalized spacial score (nSPS) is 26.5. The summed E-state index contributed by atoms with van der Waals surface area (Å²) in [7, 11) is 0. The van der Waals surface area contributed by atoms with Gasteiger partial charge in [-0.25, -0.2) is 0 Å². The fourth-order valence-corrected chi connectivity index (χ4v) is 4.14. The molecule has 122 valence electrons. The van der Waals surface area contributed by atoms with E-state index in [1.807, 2.05) is 61.5 Å². The molecule has 2 aromatic carbocycles. The van der Waals surface area contributed by atoms with E-state index in [1.54, 1.807) is 25.7 Å².